The highest BCUT2D eigenvalue weighted by atomic mass is 127. The summed E-state index contributed by atoms with van der Waals surface area (Å²) in [6.45, 7) is 1.37. The van der Waals surface area contributed by atoms with E-state index >= 15 is 0 Å². The predicted molar refractivity (Wildman–Crippen MR) is 83.1 cm³/mol. The molecule has 7 nitrogen and oxygen atoms in total. The molecule has 1 aromatic rings. The van der Waals surface area contributed by atoms with Crippen molar-refractivity contribution in [3.63, 3.8) is 0 Å². The first kappa shape index (κ1) is 15.9. The molecular weight excluding hydrogens is 389 g/mol. The minimum absolute atomic E-state index is 0.00256. The van der Waals surface area contributed by atoms with E-state index in [0.717, 1.165) is 0 Å². The van der Waals surface area contributed by atoms with Crippen molar-refractivity contribution in [2.45, 2.75) is 18.4 Å². The molecule has 0 aliphatic carbocycles. The van der Waals surface area contributed by atoms with Gasteiger partial charge in [-0.05, 0) is 54.6 Å². The number of nitriles is 1. The highest BCUT2D eigenvalue weighted by molar-refractivity contribution is 14.1. The maximum absolute atomic E-state index is 11.1. The van der Waals surface area contributed by atoms with Gasteiger partial charge in [-0.1, -0.05) is 0 Å². The first-order chi connectivity index (χ1) is 9.95. The van der Waals surface area contributed by atoms with Crippen molar-refractivity contribution in [1.82, 2.24) is 5.32 Å². The molecule has 21 heavy (non-hydrogen) atoms. The Kier molecular flexibility index (Phi) is 4.97. The first-order valence-electron chi connectivity index (χ1n) is 6.39. The lowest BCUT2D eigenvalue weighted by Gasteiger charge is -2.32. The van der Waals surface area contributed by atoms with Crippen LogP contribution >= 0.6 is 22.6 Å². The Morgan fingerprint density at radius 2 is 2.19 bits per heavy atom. The molecule has 0 spiro atoms. The van der Waals surface area contributed by atoms with E-state index in [1.165, 1.54) is 12.1 Å². The summed E-state index contributed by atoms with van der Waals surface area (Å²) >= 11 is 1.89. The third kappa shape index (κ3) is 3.81. The van der Waals surface area contributed by atoms with Gasteiger partial charge in [-0.25, -0.2) is 0 Å². The van der Waals surface area contributed by atoms with Crippen LogP contribution in [0.25, 0.3) is 0 Å². The van der Waals surface area contributed by atoms with Gasteiger partial charge in [0.15, 0.2) is 0 Å². The Morgan fingerprint density at radius 3 is 2.76 bits per heavy atom. The van der Waals surface area contributed by atoms with Crippen molar-refractivity contribution in [2.75, 3.05) is 19.7 Å². The van der Waals surface area contributed by atoms with E-state index < -0.39 is 10.5 Å². The average molecular weight is 403 g/mol. The third-order valence-electron chi connectivity index (χ3n) is 3.37. The fraction of sp³-hybridized carbons (Fsp3) is 0.462. The summed E-state index contributed by atoms with van der Waals surface area (Å²) in [5, 5.41) is 33.5. The molecule has 0 bridgehead atoms. The summed E-state index contributed by atoms with van der Waals surface area (Å²) < 4.78 is 6.02. The van der Waals surface area contributed by atoms with Crippen molar-refractivity contribution in [1.29, 1.82) is 5.26 Å². The average Bonchev–Trinajstić information content (AvgIpc) is 2.45. The van der Waals surface area contributed by atoms with Gasteiger partial charge >= 0.3 is 5.69 Å². The molecule has 1 aliphatic heterocycles. The molecule has 0 radical (unpaired) electrons. The number of halogens is 1. The Balaban J connectivity index is 2.23. The lowest BCUT2D eigenvalue weighted by molar-refractivity contribution is -0.386. The largest absolute Gasteiger partial charge is 0.483 e. The zero-order chi connectivity index (χ0) is 15.5. The van der Waals surface area contributed by atoms with Gasteiger partial charge in [0.05, 0.1) is 20.1 Å². The van der Waals surface area contributed by atoms with Gasteiger partial charge in [0.1, 0.15) is 12.2 Å². The Labute approximate surface area is 135 Å². The molecule has 0 saturated carbocycles. The summed E-state index contributed by atoms with van der Waals surface area (Å²) in [5.74, 6) is 0.103. The molecule has 0 unspecified atom stereocenters. The molecule has 8 heteroatoms. The highest BCUT2D eigenvalue weighted by Crippen LogP contribution is 2.34. The fourth-order valence-corrected chi connectivity index (χ4v) is 2.93. The summed E-state index contributed by atoms with van der Waals surface area (Å²) in [5.41, 5.74) is -1.02. The molecule has 1 saturated heterocycles. The standard InChI is InChI=1S/C13H14IN3O4/c14-10-5-9(7-15)6-11(17(19)20)12(10)21-8-13(18)1-3-16-4-2-13/h5-6,16,18H,1-4,8H2. The van der Waals surface area contributed by atoms with E-state index in [0.29, 0.717) is 29.5 Å². The molecule has 112 valence electrons. The van der Waals surface area contributed by atoms with Gasteiger partial charge < -0.3 is 15.2 Å². The van der Waals surface area contributed by atoms with Gasteiger partial charge in [-0.2, -0.15) is 5.26 Å². The van der Waals surface area contributed by atoms with E-state index in [1.54, 1.807) is 0 Å². The number of nitro groups is 1. The normalized spacial score (nSPS) is 17.0. The quantitative estimate of drug-likeness (QED) is 0.449. The van der Waals surface area contributed by atoms with E-state index in [2.05, 4.69) is 5.32 Å². The number of nitrogens with zero attached hydrogens (tertiary/aromatic N) is 2. The molecule has 2 N–H and O–H groups in total. The Morgan fingerprint density at radius 1 is 1.52 bits per heavy atom. The second-order valence-corrected chi connectivity index (χ2v) is 6.10. The molecule has 1 aromatic carbocycles. The summed E-state index contributed by atoms with van der Waals surface area (Å²) in [7, 11) is 0. The van der Waals surface area contributed by atoms with Gasteiger partial charge in [-0.15, -0.1) is 0 Å². The fourth-order valence-electron chi connectivity index (χ4n) is 2.16. The Hall–Kier alpha value is -1.44. The van der Waals surface area contributed by atoms with Crippen LogP contribution in [-0.2, 0) is 0 Å². The zero-order valence-corrected chi connectivity index (χ0v) is 13.3. The lowest BCUT2D eigenvalue weighted by atomic mass is 9.93. The van der Waals surface area contributed by atoms with Gasteiger partial charge in [0, 0.05) is 6.07 Å². The van der Waals surface area contributed by atoms with E-state index in [1.807, 2.05) is 28.7 Å². The van der Waals surface area contributed by atoms with Crippen molar-refractivity contribution in [3.05, 3.63) is 31.4 Å². The number of nitrogens with one attached hydrogen (secondary N) is 1. The van der Waals surface area contributed by atoms with E-state index in [9.17, 15) is 15.2 Å². The molecule has 0 atom stereocenters. The monoisotopic (exact) mass is 403 g/mol. The minimum atomic E-state index is -0.976. The second kappa shape index (κ2) is 6.55. The Bertz CT molecular complexity index is 594. The van der Waals surface area contributed by atoms with E-state index in [4.69, 9.17) is 10.00 Å². The lowest BCUT2D eigenvalue weighted by Crippen LogP contribution is -2.46. The number of benzene rings is 1. The van der Waals surface area contributed by atoms with Crippen LogP contribution in [0.3, 0.4) is 0 Å². The predicted octanol–water partition coefficient (Wildman–Crippen LogP) is 1.56. The van der Waals surface area contributed by atoms with Crippen LogP contribution < -0.4 is 10.1 Å². The summed E-state index contributed by atoms with van der Waals surface area (Å²) in [6.07, 6.45) is 1.07. The number of ether oxygens (including phenoxy) is 1. The topological polar surface area (TPSA) is 108 Å². The third-order valence-corrected chi connectivity index (χ3v) is 4.17. The zero-order valence-electron chi connectivity index (χ0n) is 11.1. The van der Waals surface area contributed by atoms with Crippen LogP contribution in [0.1, 0.15) is 18.4 Å². The molecule has 1 fully saturated rings. The van der Waals surface area contributed by atoms with Crippen molar-refractivity contribution >= 4 is 28.3 Å². The maximum Gasteiger partial charge on any atom is 0.313 e. The smallest absolute Gasteiger partial charge is 0.313 e. The van der Waals surface area contributed by atoms with Crippen molar-refractivity contribution < 1.29 is 14.8 Å². The van der Waals surface area contributed by atoms with Crippen LogP contribution in [-0.4, -0.2) is 35.3 Å². The number of rotatable bonds is 4. The molecule has 1 aliphatic rings. The van der Waals surface area contributed by atoms with Crippen molar-refractivity contribution in [3.8, 4) is 11.8 Å². The number of hydrogen-bond acceptors (Lipinski definition) is 6. The molecule has 2 rings (SSSR count). The van der Waals surface area contributed by atoms with Gasteiger partial charge in [-0.3, -0.25) is 10.1 Å². The number of piperidine rings is 1. The van der Waals surface area contributed by atoms with Crippen LogP contribution in [0.4, 0.5) is 5.69 Å². The number of aliphatic hydroxyl groups is 1. The number of nitro benzene ring substituents is 1. The molecule has 1 heterocycles. The molecular formula is C13H14IN3O4. The summed E-state index contributed by atoms with van der Waals surface area (Å²) in [4.78, 5) is 10.5. The van der Waals surface area contributed by atoms with Crippen LogP contribution in [0.2, 0.25) is 0 Å². The highest BCUT2D eigenvalue weighted by Gasteiger charge is 2.31. The van der Waals surface area contributed by atoms with Crippen molar-refractivity contribution in [2.24, 2.45) is 0 Å². The molecule has 0 aromatic heterocycles. The SMILES string of the molecule is N#Cc1cc(I)c(OCC2(O)CCNCC2)c([N+](=O)[O-])c1. The minimum Gasteiger partial charge on any atom is -0.483 e. The van der Waals surface area contributed by atoms with Crippen LogP contribution in [0, 0.1) is 25.0 Å². The summed E-state index contributed by atoms with van der Waals surface area (Å²) in [6, 6.07) is 4.59. The second-order valence-electron chi connectivity index (χ2n) is 4.94. The molecule has 0 amide bonds. The van der Waals surface area contributed by atoms with Gasteiger partial charge in [0.2, 0.25) is 5.75 Å². The van der Waals surface area contributed by atoms with Crippen LogP contribution in [0.5, 0.6) is 5.75 Å². The van der Waals surface area contributed by atoms with E-state index in [-0.39, 0.29) is 23.6 Å². The van der Waals surface area contributed by atoms with Crippen LogP contribution in [0.15, 0.2) is 12.1 Å². The number of hydrogen-bond donors (Lipinski definition) is 2. The maximum atomic E-state index is 11.1. The first-order valence-corrected chi connectivity index (χ1v) is 7.47. The van der Waals surface area contributed by atoms with Gasteiger partial charge in [0.25, 0.3) is 0 Å².